The predicted molar refractivity (Wildman–Crippen MR) is 80.0 cm³/mol. The maximum atomic E-state index is 12.1. The number of nitrogens with one attached hydrogen (secondary N) is 1. The van der Waals surface area contributed by atoms with Gasteiger partial charge in [0.1, 0.15) is 5.75 Å². The highest BCUT2D eigenvalue weighted by molar-refractivity contribution is 5.79. The molecular formula is C16H19N3O2. The van der Waals surface area contributed by atoms with Gasteiger partial charge >= 0.3 is 0 Å². The van der Waals surface area contributed by atoms with E-state index in [9.17, 15) is 4.79 Å². The highest BCUT2D eigenvalue weighted by atomic mass is 16.5. The SMILES string of the molecule is COc1ccccc1CC(=O)N[C@@H](C)Cc1cnccn1. The van der Waals surface area contributed by atoms with Crippen LogP contribution in [0.4, 0.5) is 0 Å². The molecule has 0 saturated heterocycles. The highest BCUT2D eigenvalue weighted by Crippen LogP contribution is 2.17. The van der Waals surface area contributed by atoms with Crippen LogP contribution >= 0.6 is 0 Å². The van der Waals surface area contributed by atoms with Crippen LogP contribution in [0.1, 0.15) is 18.2 Å². The third-order valence-electron chi connectivity index (χ3n) is 3.08. The van der Waals surface area contributed by atoms with E-state index >= 15 is 0 Å². The van der Waals surface area contributed by atoms with Crippen LogP contribution < -0.4 is 10.1 Å². The van der Waals surface area contributed by atoms with E-state index in [4.69, 9.17) is 4.74 Å². The Balaban J connectivity index is 1.89. The van der Waals surface area contributed by atoms with E-state index in [-0.39, 0.29) is 11.9 Å². The summed E-state index contributed by atoms with van der Waals surface area (Å²) in [6.07, 6.45) is 5.95. The Bertz CT molecular complexity index is 587. The van der Waals surface area contributed by atoms with Crippen molar-refractivity contribution in [2.75, 3.05) is 7.11 Å². The summed E-state index contributed by atoms with van der Waals surface area (Å²) >= 11 is 0. The molecule has 0 unspecified atom stereocenters. The number of benzene rings is 1. The van der Waals surface area contributed by atoms with Crippen molar-refractivity contribution in [3.05, 3.63) is 54.1 Å². The van der Waals surface area contributed by atoms with Gasteiger partial charge in [-0.25, -0.2) is 0 Å². The van der Waals surface area contributed by atoms with Crippen molar-refractivity contribution in [1.82, 2.24) is 15.3 Å². The molecule has 0 aliphatic carbocycles. The first-order chi connectivity index (χ1) is 10.2. The van der Waals surface area contributed by atoms with Crippen molar-refractivity contribution in [3.8, 4) is 5.75 Å². The van der Waals surface area contributed by atoms with E-state index in [1.165, 1.54) is 0 Å². The Labute approximate surface area is 124 Å². The number of hydrogen-bond donors (Lipinski definition) is 1. The monoisotopic (exact) mass is 285 g/mol. The van der Waals surface area contributed by atoms with Crippen LogP contribution in [0.15, 0.2) is 42.9 Å². The topological polar surface area (TPSA) is 64.1 Å². The molecule has 1 aromatic carbocycles. The quantitative estimate of drug-likeness (QED) is 0.878. The van der Waals surface area contributed by atoms with Gasteiger partial charge < -0.3 is 10.1 Å². The van der Waals surface area contributed by atoms with E-state index in [2.05, 4.69) is 15.3 Å². The Morgan fingerprint density at radius 1 is 1.33 bits per heavy atom. The van der Waals surface area contributed by atoms with Crippen molar-refractivity contribution >= 4 is 5.91 Å². The van der Waals surface area contributed by atoms with Gasteiger partial charge in [-0.15, -0.1) is 0 Å². The summed E-state index contributed by atoms with van der Waals surface area (Å²) in [6, 6.07) is 7.53. The summed E-state index contributed by atoms with van der Waals surface area (Å²) in [5.41, 5.74) is 1.74. The lowest BCUT2D eigenvalue weighted by Crippen LogP contribution is -2.35. The largest absolute Gasteiger partial charge is 0.496 e. The number of carbonyl (C=O) groups excluding carboxylic acids is 1. The standard InChI is InChI=1S/C16H19N3O2/c1-12(9-14-11-17-7-8-18-14)19-16(20)10-13-5-3-4-6-15(13)21-2/h3-8,11-12H,9-10H2,1-2H3,(H,19,20)/t12-/m0/s1. The zero-order valence-corrected chi connectivity index (χ0v) is 12.2. The fraction of sp³-hybridized carbons (Fsp3) is 0.312. The van der Waals surface area contributed by atoms with Gasteiger partial charge in [0.15, 0.2) is 0 Å². The van der Waals surface area contributed by atoms with E-state index in [1.807, 2.05) is 31.2 Å². The van der Waals surface area contributed by atoms with Crippen molar-refractivity contribution in [2.45, 2.75) is 25.8 Å². The van der Waals surface area contributed by atoms with Crippen molar-refractivity contribution in [1.29, 1.82) is 0 Å². The number of methoxy groups -OCH3 is 1. The molecule has 1 heterocycles. The number of ether oxygens (including phenoxy) is 1. The molecular weight excluding hydrogens is 266 g/mol. The van der Waals surface area contributed by atoms with Gasteiger partial charge in [-0.05, 0) is 13.0 Å². The van der Waals surface area contributed by atoms with Gasteiger partial charge in [0.25, 0.3) is 0 Å². The van der Waals surface area contributed by atoms with Crippen molar-refractivity contribution in [2.24, 2.45) is 0 Å². The Hall–Kier alpha value is -2.43. The molecule has 110 valence electrons. The molecule has 0 bridgehead atoms. The van der Waals surface area contributed by atoms with Crippen LogP contribution in [-0.4, -0.2) is 29.0 Å². The Kier molecular flexibility index (Phi) is 5.26. The van der Waals surface area contributed by atoms with Crippen LogP contribution in [0.3, 0.4) is 0 Å². The number of amides is 1. The third kappa shape index (κ3) is 4.56. The van der Waals surface area contributed by atoms with Gasteiger partial charge in [-0.1, -0.05) is 18.2 Å². The van der Waals surface area contributed by atoms with Gasteiger partial charge in [0, 0.05) is 36.6 Å². The number of para-hydroxylation sites is 1. The third-order valence-corrected chi connectivity index (χ3v) is 3.08. The molecule has 1 aromatic heterocycles. The Morgan fingerprint density at radius 2 is 2.14 bits per heavy atom. The second-order valence-corrected chi connectivity index (χ2v) is 4.86. The smallest absolute Gasteiger partial charge is 0.224 e. The molecule has 0 aliphatic heterocycles. The lowest BCUT2D eigenvalue weighted by molar-refractivity contribution is -0.121. The average molecular weight is 285 g/mol. The molecule has 0 aliphatic rings. The number of aromatic nitrogens is 2. The van der Waals surface area contributed by atoms with Crippen LogP contribution in [0, 0.1) is 0 Å². The maximum Gasteiger partial charge on any atom is 0.224 e. The summed E-state index contributed by atoms with van der Waals surface area (Å²) in [6.45, 7) is 1.95. The fourth-order valence-corrected chi connectivity index (χ4v) is 2.15. The second kappa shape index (κ2) is 7.38. The lowest BCUT2D eigenvalue weighted by atomic mass is 10.1. The van der Waals surface area contributed by atoms with Crippen molar-refractivity contribution < 1.29 is 9.53 Å². The summed E-state index contributed by atoms with van der Waals surface area (Å²) in [7, 11) is 1.60. The molecule has 5 heteroatoms. The fourth-order valence-electron chi connectivity index (χ4n) is 2.15. The minimum atomic E-state index is -0.0316. The summed E-state index contributed by atoms with van der Waals surface area (Å²) in [5, 5.41) is 2.97. The van der Waals surface area contributed by atoms with Gasteiger partial charge in [0.05, 0.1) is 19.2 Å². The minimum Gasteiger partial charge on any atom is -0.496 e. The normalized spacial score (nSPS) is 11.7. The van der Waals surface area contributed by atoms with Gasteiger partial charge in [0.2, 0.25) is 5.91 Å². The predicted octanol–water partition coefficient (Wildman–Crippen LogP) is 1.78. The summed E-state index contributed by atoms with van der Waals surface area (Å²) in [5.74, 6) is 0.699. The molecule has 0 saturated carbocycles. The van der Waals surface area contributed by atoms with Crippen LogP contribution in [0.2, 0.25) is 0 Å². The molecule has 0 spiro atoms. The molecule has 21 heavy (non-hydrogen) atoms. The molecule has 2 aromatic rings. The number of carbonyl (C=O) groups is 1. The molecule has 0 radical (unpaired) electrons. The molecule has 2 rings (SSSR count). The Morgan fingerprint density at radius 3 is 2.86 bits per heavy atom. The first-order valence-corrected chi connectivity index (χ1v) is 6.85. The van der Waals surface area contributed by atoms with E-state index in [0.29, 0.717) is 12.8 Å². The molecule has 5 nitrogen and oxygen atoms in total. The van der Waals surface area contributed by atoms with E-state index in [1.54, 1.807) is 25.7 Å². The first-order valence-electron chi connectivity index (χ1n) is 6.85. The van der Waals surface area contributed by atoms with E-state index in [0.717, 1.165) is 17.0 Å². The number of rotatable bonds is 6. The highest BCUT2D eigenvalue weighted by Gasteiger charge is 2.11. The van der Waals surface area contributed by atoms with Crippen LogP contribution in [0.5, 0.6) is 5.75 Å². The van der Waals surface area contributed by atoms with Gasteiger partial charge in [-0.3, -0.25) is 14.8 Å². The van der Waals surface area contributed by atoms with Crippen LogP contribution in [-0.2, 0) is 17.6 Å². The molecule has 0 fully saturated rings. The van der Waals surface area contributed by atoms with Crippen molar-refractivity contribution in [3.63, 3.8) is 0 Å². The minimum absolute atomic E-state index is 0.00362. The summed E-state index contributed by atoms with van der Waals surface area (Å²) < 4.78 is 5.25. The lowest BCUT2D eigenvalue weighted by Gasteiger charge is -2.14. The maximum absolute atomic E-state index is 12.1. The van der Waals surface area contributed by atoms with Crippen LogP contribution in [0.25, 0.3) is 0 Å². The van der Waals surface area contributed by atoms with E-state index < -0.39 is 0 Å². The number of hydrogen-bond acceptors (Lipinski definition) is 4. The molecule has 1 amide bonds. The molecule has 1 N–H and O–H groups in total. The first kappa shape index (κ1) is 15.0. The summed E-state index contributed by atoms with van der Waals surface area (Å²) in [4.78, 5) is 20.3. The second-order valence-electron chi connectivity index (χ2n) is 4.86. The number of nitrogens with zero attached hydrogens (tertiary/aromatic N) is 2. The van der Waals surface area contributed by atoms with Gasteiger partial charge in [-0.2, -0.15) is 0 Å². The average Bonchev–Trinajstić information content (AvgIpc) is 2.48. The zero-order valence-electron chi connectivity index (χ0n) is 12.2. The molecule has 1 atom stereocenters. The zero-order chi connectivity index (χ0) is 15.1.